The Balaban J connectivity index is 0.000000269. The number of aromatic carboxylic acids is 1. The molecule has 5 N–H and O–H groups in total. The molecule has 0 aliphatic heterocycles. The van der Waals surface area contributed by atoms with Crippen LogP contribution < -0.4 is 16.2 Å². The van der Waals surface area contributed by atoms with E-state index in [4.69, 9.17) is 21.3 Å². The maximum Gasteiger partial charge on any atom is 0.339 e. The number of carboxylic acid groups (broad SMARTS) is 1. The van der Waals surface area contributed by atoms with Crippen molar-refractivity contribution in [2.75, 3.05) is 18.6 Å². The molecule has 0 aliphatic carbocycles. The Morgan fingerprint density at radius 1 is 1.06 bits per heavy atom. The molecule has 10 heteroatoms. The zero-order valence-electron chi connectivity index (χ0n) is 16.7. The number of pyridine rings is 2. The van der Waals surface area contributed by atoms with Gasteiger partial charge in [-0.25, -0.2) is 23.5 Å². The monoisotopic (exact) mass is 456 g/mol. The molecule has 0 amide bonds. The number of nitrogen functional groups attached to an aromatic ring is 2. The molecule has 0 atom stereocenters. The molecular weight excluding hydrogens is 438 g/mol. The van der Waals surface area contributed by atoms with Gasteiger partial charge in [-0.05, 0) is 42.0 Å². The lowest BCUT2D eigenvalue weighted by molar-refractivity contribution is 0.0698. The molecular formula is C22H18F2N4O3S. The molecule has 0 aliphatic rings. The van der Waals surface area contributed by atoms with Crippen LogP contribution in [0.4, 0.5) is 20.3 Å². The molecule has 0 spiro atoms. The molecule has 0 radical (unpaired) electrons. The summed E-state index contributed by atoms with van der Waals surface area (Å²) in [6.07, 6.45) is 1.64. The van der Waals surface area contributed by atoms with Gasteiger partial charge >= 0.3 is 5.97 Å². The summed E-state index contributed by atoms with van der Waals surface area (Å²) in [5.74, 6) is -1.97. The summed E-state index contributed by atoms with van der Waals surface area (Å²) < 4.78 is 29.4. The van der Waals surface area contributed by atoms with Gasteiger partial charge in [0.2, 0.25) is 5.88 Å². The lowest BCUT2D eigenvalue weighted by Crippen LogP contribution is -2.04. The standard InChI is InChI=1S/C16H14N4O3.C6H4F2S/c1-23-15-12(17)6-10(7-19-15)8-2-3-13-9(4-8)5-11(16(21)22)14(18)20-13;7-4-1-2-6(9)5(8)3-4/h2-7H,17H2,1H3,(H2,18,20)(H,21,22);1-3,9H. The topological polar surface area (TPSA) is 124 Å². The van der Waals surface area contributed by atoms with Gasteiger partial charge in [0, 0.05) is 28.1 Å². The van der Waals surface area contributed by atoms with Crippen molar-refractivity contribution in [2.45, 2.75) is 4.90 Å². The quantitative estimate of drug-likeness (QED) is 0.336. The zero-order chi connectivity index (χ0) is 23.4. The van der Waals surface area contributed by atoms with Crippen molar-refractivity contribution < 1.29 is 23.4 Å². The van der Waals surface area contributed by atoms with Crippen molar-refractivity contribution in [3.8, 4) is 17.0 Å². The van der Waals surface area contributed by atoms with Crippen molar-refractivity contribution in [3.05, 3.63) is 71.9 Å². The molecule has 0 fully saturated rings. The molecule has 4 rings (SSSR count). The second-order valence-electron chi connectivity index (χ2n) is 6.55. The van der Waals surface area contributed by atoms with Crippen molar-refractivity contribution in [1.82, 2.24) is 9.97 Å². The lowest BCUT2D eigenvalue weighted by Gasteiger charge is -2.08. The van der Waals surface area contributed by atoms with Crippen LogP contribution in [0, 0.1) is 11.6 Å². The predicted octanol–water partition coefficient (Wildman–Crippen LogP) is 4.42. The van der Waals surface area contributed by atoms with Gasteiger partial charge in [-0.3, -0.25) is 0 Å². The Bertz CT molecular complexity index is 1320. The summed E-state index contributed by atoms with van der Waals surface area (Å²) in [4.78, 5) is 19.6. The van der Waals surface area contributed by atoms with E-state index in [1.54, 1.807) is 18.3 Å². The van der Waals surface area contributed by atoms with E-state index in [0.717, 1.165) is 23.3 Å². The second-order valence-corrected chi connectivity index (χ2v) is 7.03. The van der Waals surface area contributed by atoms with E-state index in [1.165, 1.54) is 19.2 Å². The number of hydrogen-bond donors (Lipinski definition) is 4. The first-order valence-electron chi connectivity index (χ1n) is 9.07. The Kier molecular flexibility index (Phi) is 6.74. The van der Waals surface area contributed by atoms with Gasteiger partial charge in [0.05, 0.1) is 18.3 Å². The number of anilines is 2. The van der Waals surface area contributed by atoms with Gasteiger partial charge in [0.15, 0.2) is 0 Å². The van der Waals surface area contributed by atoms with E-state index in [2.05, 4.69) is 22.6 Å². The summed E-state index contributed by atoms with van der Waals surface area (Å²) in [7, 11) is 1.50. The molecule has 0 saturated heterocycles. The van der Waals surface area contributed by atoms with E-state index in [9.17, 15) is 13.6 Å². The second kappa shape index (κ2) is 9.48. The van der Waals surface area contributed by atoms with Gasteiger partial charge in [-0.15, -0.1) is 12.6 Å². The van der Waals surface area contributed by atoms with Crippen LogP contribution in [-0.2, 0) is 0 Å². The molecule has 164 valence electrons. The number of nitrogens with two attached hydrogens (primary N) is 2. The fourth-order valence-corrected chi connectivity index (χ4v) is 2.96. The fraction of sp³-hybridized carbons (Fsp3) is 0.0455. The van der Waals surface area contributed by atoms with Crippen LogP contribution in [0.1, 0.15) is 10.4 Å². The average molecular weight is 456 g/mol. The first-order chi connectivity index (χ1) is 15.2. The van der Waals surface area contributed by atoms with E-state index in [0.29, 0.717) is 22.5 Å². The first-order valence-corrected chi connectivity index (χ1v) is 9.51. The number of halogens is 2. The molecule has 0 unspecified atom stereocenters. The molecule has 7 nitrogen and oxygen atoms in total. The van der Waals surface area contributed by atoms with Gasteiger partial charge in [0.1, 0.15) is 23.0 Å². The van der Waals surface area contributed by atoms with Crippen LogP contribution in [0.2, 0.25) is 0 Å². The van der Waals surface area contributed by atoms with Crippen LogP contribution in [-0.4, -0.2) is 28.2 Å². The minimum absolute atomic E-state index is 0.00638. The lowest BCUT2D eigenvalue weighted by atomic mass is 10.0. The normalized spacial score (nSPS) is 10.4. The average Bonchev–Trinajstić information content (AvgIpc) is 2.76. The highest BCUT2D eigenvalue weighted by Crippen LogP contribution is 2.29. The number of methoxy groups -OCH3 is 1. The van der Waals surface area contributed by atoms with E-state index in [-0.39, 0.29) is 16.3 Å². The maximum atomic E-state index is 12.3. The van der Waals surface area contributed by atoms with E-state index in [1.807, 2.05) is 12.1 Å². The molecule has 4 aromatic rings. The number of aromatic nitrogens is 2. The maximum absolute atomic E-state index is 12.3. The van der Waals surface area contributed by atoms with Gasteiger partial charge in [0.25, 0.3) is 0 Å². The van der Waals surface area contributed by atoms with Crippen LogP contribution in [0.15, 0.2) is 59.6 Å². The molecule has 0 saturated carbocycles. The number of thiol groups is 1. The van der Waals surface area contributed by atoms with Gasteiger partial charge < -0.3 is 21.3 Å². The Morgan fingerprint density at radius 2 is 1.81 bits per heavy atom. The summed E-state index contributed by atoms with van der Waals surface area (Å²) in [5, 5.41) is 9.81. The van der Waals surface area contributed by atoms with Crippen LogP contribution in [0.25, 0.3) is 22.0 Å². The van der Waals surface area contributed by atoms with Crippen molar-refractivity contribution >= 4 is 41.0 Å². The fourth-order valence-electron chi connectivity index (χ4n) is 2.82. The predicted molar refractivity (Wildman–Crippen MR) is 121 cm³/mol. The Morgan fingerprint density at radius 3 is 2.41 bits per heavy atom. The summed E-state index contributed by atoms with van der Waals surface area (Å²) >= 11 is 3.70. The molecule has 2 aromatic carbocycles. The third kappa shape index (κ3) is 5.03. The highest BCUT2D eigenvalue weighted by atomic mass is 32.1. The van der Waals surface area contributed by atoms with Crippen LogP contribution in [0.3, 0.4) is 0 Å². The minimum Gasteiger partial charge on any atom is -0.480 e. The molecule has 2 heterocycles. The Labute approximate surface area is 187 Å². The first kappa shape index (κ1) is 22.8. The number of nitrogens with zero attached hydrogens (tertiary/aromatic N) is 2. The van der Waals surface area contributed by atoms with Crippen molar-refractivity contribution in [1.29, 1.82) is 0 Å². The van der Waals surface area contributed by atoms with Crippen LogP contribution >= 0.6 is 12.6 Å². The summed E-state index contributed by atoms with van der Waals surface area (Å²) in [5.41, 5.74) is 14.2. The van der Waals surface area contributed by atoms with Crippen LogP contribution in [0.5, 0.6) is 5.88 Å². The third-order valence-electron chi connectivity index (χ3n) is 4.39. The van der Waals surface area contributed by atoms with Crippen molar-refractivity contribution in [2.24, 2.45) is 0 Å². The largest absolute Gasteiger partial charge is 0.480 e. The number of carboxylic acids is 1. The van der Waals surface area contributed by atoms with Gasteiger partial charge in [-0.1, -0.05) is 6.07 Å². The third-order valence-corrected chi connectivity index (χ3v) is 4.75. The number of hydrogen-bond acceptors (Lipinski definition) is 7. The highest BCUT2D eigenvalue weighted by molar-refractivity contribution is 7.80. The molecule has 0 bridgehead atoms. The van der Waals surface area contributed by atoms with E-state index >= 15 is 0 Å². The Hall–Kier alpha value is -3.92. The zero-order valence-corrected chi connectivity index (χ0v) is 17.6. The summed E-state index contributed by atoms with van der Waals surface area (Å²) in [6.45, 7) is 0. The SMILES string of the molecule is COc1ncc(-c2ccc3nc(N)c(C(=O)O)cc3c2)cc1N.Fc1ccc(S)c(F)c1. The minimum atomic E-state index is -1.11. The smallest absolute Gasteiger partial charge is 0.339 e. The molecule has 32 heavy (non-hydrogen) atoms. The van der Waals surface area contributed by atoms with Gasteiger partial charge in [-0.2, -0.15) is 0 Å². The number of fused-ring (bicyclic) bond motifs is 1. The summed E-state index contributed by atoms with van der Waals surface area (Å²) in [6, 6.07) is 11.9. The molecule has 2 aromatic heterocycles. The number of ether oxygens (including phenoxy) is 1. The number of benzene rings is 2. The van der Waals surface area contributed by atoms with Crippen molar-refractivity contribution in [3.63, 3.8) is 0 Å². The number of rotatable bonds is 3. The van der Waals surface area contributed by atoms with E-state index < -0.39 is 17.6 Å². The highest BCUT2D eigenvalue weighted by Gasteiger charge is 2.12. The number of carbonyl (C=O) groups is 1.